The molecule has 2 aromatic rings. The summed E-state index contributed by atoms with van der Waals surface area (Å²) in [6.45, 7) is 4.33. The molecule has 0 radical (unpaired) electrons. The van der Waals surface area contributed by atoms with Gasteiger partial charge in [0.05, 0.1) is 17.2 Å². The van der Waals surface area contributed by atoms with Crippen molar-refractivity contribution < 1.29 is 9.59 Å². The minimum atomic E-state index is -0.562. The molecule has 1 atom stereocenters. The molecule has 1 saturated heterocycles. The lowest BCUT2D eigenvalue weighted by molar-refractivity contribution is 0.0965. The van der Waals surface area contributed by atoms with Gasteiger partial charge < -0.3 is 15.5 Å². The molecular formula is C23H27N3O2. The van der Waals surface area contributed by atoms with Gasteiger partial charge in [-0.1, -0.05) is 24.3 Å². The van der Waals surface area contributed by atoms with E-state index in [1.54, 1.807) is 17.0 Å². The Bertz CT molecular complexity index is 899. The lowest BCUT2D eigenvalue weighted by atomic mass is 9.90. The number of anilines is 1. The SMILES string of the molecule is CC1c2cccc(C(N)=O)c2C(=O)N1c1ccc(CC2CCN(C)CC2)cc1. The Hall–Kier alpha value is -2.66. The number of carbonyl (C=O) groups excluding carboxylic acids is 2. The normalized spacial score (nSPS) is 20.4. The number of primary amides is 1. The van der Waals surface area contributed by atoms with Gasteiger partial charge in [0.25, 0.3) is 5.91 Å². The van der Waals surface area contributed by atoms with E-state index >= 15 is 0 Å². The maximum Gasteiger partial charge on any atom is 0.260 e. The Kier molecular flexibility index (Phi) is 4.94. The van der Waals surface area contributed by atoms with Crippen LogP contribution >= 0.6 is 0 Å². The summed E-state index contributed by atoms with van der Waals surface area (Å²) in [5, 5.41) is 0. The molecule has 1 unspecified atom stereocenters. The second-order valence-corrected chi connectivity index (χ2v) is 8.10. The molecule has 0 aromatic heterocycles. The van der Waals surface area contributed by atoms with Crippen molar-refractivity contribution in [1.82, 2.24) is 4.90 Å². The van der Waals surface area contributed by atoms with Crippen LogP contribution in [0.25, 0.3) is 0 Å². The molecule has 2 aromatic carbocycles. The number of nitrogens with two attached hydrogens (primary N) is 1. The second kappa shape index (κ2) is 7.40. The van der Waals surface area contributed by atoms with Crippen LogP contribution in [0.3, 0.4) is 0 Å². The van der Waals surface area contributed by atoms with Crippen LogP contribution in [-0.2, 0) is 6.42 Å². The summed E-state index contributed by atoms with van der Waals surface area (Å²) in [5.41, 5.74) is 9.26. The summed E-state index contributed by atoms with van der Waals surface area (Å²) in [7, 11) is 2.18. The van der Waals surface area contributed by atoms with Gasteiger partial charge in [-0.25, -0.2) is 0 Å². The van der Waals surface area contributed by atoms with Crippen molar-refractivity contribution in [3.05, 3.63) is 64.7 Å². The van der Waals surface area contributed by atoms with Crippen LogP contribution in [0.1, 0.15) is 57.7 Å². The summed E-state index contributed by atoms with van der Waals surface area (Å²) in [5.74, 6) is 0.0180. The summed E-state index contributed by atoms with van der Waals surface area (Å²) in [6, 6.07) is 13.5. The first-order valence-electron chi connectivity index (χ1n) is 9.99. The smallest absolute Gasteiger partial charge is 0.260 e. The zero-order valence-corrected chi connectivity index (χ0v) is 16.5. The number of hydrogen-bond acceptors (Lipinski definition) is 3. The minimum Gasteiger partial charge on any atom is -0.366 e. The van der Waals surface area contributed by atoms with Gasteiger partial charge in [-0.2, -0.15) is 0 Å². The fourth-order valence-electron chi connectivity index (χ4n) is 4.53. The number of likely N-dealkylation sites (tertiary alicyclic amines) is 1. The maximum absolute atomic E-state index is 13.1. The molecule has 28 heavy (non-hydrogen) atoms. The molecule has 0 spiro atoms. The van der Waals surface area contributed by atoms with Gasteiger partial charge in [-0.05, 0) is 81.6 Å². The van der Waals surface area contributed by atoms with Gasteiger partial charge in [0.2, 0.25) is 5.91 Å². The van der Waals surface area contributed by atoms with Crippen LogP contribution < -0.4 is 10.6 Å². The molecule has 4 rings (SSSR count). The van der Waals surface area contributed by atoms with E-state index in [9.17, 15) is 9.59 Å². The molecule has 0 aliphatic carbocycles. The lowest BCUT2D eigenvalue weighted by Gasteiger charge is -2.29. The third kappa shape index (κ3) is 3.31. The van der Waals surface area contributed by atoms with E-state index in [-0.39, 0.29) is 11.9 Å². The van der Waals surface area contributed by atoms with E-state index in [4.69, 9.17) is 5.73 Å². The number of nitrogens with zero attached hydrogens (tertiary/aromatic N) is 2. The minimum absolute atomic E-state index is 0.124. The lowest BCUT2D eigenvalue weighted by Crippen LogP contribution is -2.31. The number of rotatable bonds is 4. The highest BCUT2D eigenvalue weighted by Gasteiger charge is 2.37. The Morgan fingerprint density at radius 3 is 2.43 bits per heavy atom. The van der Waals surface area contributed by atoms with Gasteiger partial charge in [0.15, 0.2) is 0 Å². The van der Waals surface area contributed by atoms with Crippen molar-refractivity contribution in [3.63, 3.8) is 0 Å². The average molecular weight is 377 g/mol. The molecular weight excluding hydrogens is 350 g/mol. The molecule has 2 heterocycles. The molecule has 5 heteroatoms. The van der Waals surface area contributed by atoms with Gasteiger partial charge in [0, 0.05) is 5.69 Å². The van der Waals surface area contributed by atoms with E-state index in [1.165, 1.54) is 31.5 Å². The van der Waals surface area contributed by atoms with Crippen LogP contribution in [0, 0.1) is 5.92 Å². The number of piperidine rings is 1. The molecule has 5 nitrogen and oxygen atoms in total. The molecule has 146 valence electrons. The molecule has 1 fully saturated rings. The summed E-state index contributed by atoms with van der Waals surface area (Å²) in [4.78, 5) is 29.0. The fourth-order valence-corrected chi connectivity index (χ4v) is 4.53. The van der Waals surface area contributed by atoms with Crippen molar-refractivity contribution in [2.24, 2.45) is 11.7 Å². The number of amides is 2. The number of fused-ring (bicyclic) bond motifs is 1. The second-order valence-electron chi connectivity index (χ2n) is 8.10. The Morgan fingerprint density at radius 2 is 1.79 bits per heavy atom. The molecule has 0 bridgehead atoms. The van der Waals surface area contributed by atoms with Gasteiger partial charge in [-0.15, -0.1) is 0 Å². The Labute approximate surface area is 166 Å². The van der Waals surface area contributed by atoms with Crippen molar-refractivity contribution in [2.45, 2.75) is 32.2 Å². The Morgan fingerprint density at radius 1 is 1.11 bits per heavy atom. The molecule has 2 N–H and O–H groups in total. The third-order valence-corrected chi connectivity index (χ3v) is 6.21. The van der Waals surface area contributed by atoms with E-state index in [1.807, 2.05) is 25.1 Å². The monoisotopic (exact) mass is 377 g/mol. The van der Waals surface area contributed by atoms with Crippen molar-refractivity contribution in [3.8, 4) is 0 Å². The quantitative estimate of drug-likeness (QED) is 0.888. The average Bonchev–Trinajstić information content (AvgIpc) is 2.95. The molecule has 2 amide bonds. The van der Waals surface area contributed by atoms with Crippen molar-refractivity contribution in [2.75, 3.05) is 25.0 Å². The Balaban J connectivity index is 1.54. The van der Waals surface area contributed by atoms with Gasteiger partial charge >= 0.3 is 0 Å². The predicted octanol–water partition coefficient (Wildman–Crippen LogP) is 3.39. The summed E-state index contributed by atoms with van der Waals surface area (Å²) >= 11 is 0. The highest BCUT2D eigenvalue weighted by Crippen LogP contribution is 2.38. The predicted molar refractivity (Wildman–Crippen MR) is 111 cm³/mol. The van der Waals surface area contributed by atoms with E-state index in [2.05, 4.69) is 24.1 Å². The third-order valence-electron chi connectivity index (χ3n) is 6.21. The van der Waals surface area contributed by atoms with Crippen LogP contribution in [0.15, 0.2) is 42.5 Å². The topological polar surface area (TPSA) is 66.6 Å². The maximum atomic E-state index is 13.1. The number of hydrogen-bond donors (Lipinski definition) is 1. The van der Waals surface area contributed by atoms with E-state index < -0.39 is 5.91 Å². The first kappa shape index (κ1) is 18.7. The molecule has 2 aliphatic rings. The van der Waals surface area contributed by atoms with Gasteiger partial charge in [-0.3, -0.25) is 9.59 Å². The highest BCUT2D eigenvalue weighted by molar-refractivity contribution is 6.16. The standard InChI is InChI=1S/C23H27N3O2/c1-15-19-4-3-5-20(22(24)27)21(19)23(28)26(15)18-8-6-16(7-9-18)14-17-10-12-25(2)13-11-17/h3-9,15,17H,10-14H2,1-2H3,(H2,24,27). The largest absolute Gasteiger partial charge is 0.366 e. The summed E-state index contributed by atoms with van der Waals surface area (Å²) < 4.78 is 0. The number of benzene rings is 2. The van der Waals surface area contributed by atoms with Crippen molar-refractivity contribution >= 4 is 17.5 Å². The zero-order chi connectivity index (χ0) is 19.8. The molecule has 0 saturated carbocycles. The first-order valence-corrected chi connectivity index (χ1v) is 9.99. The van der Waals surface area contributed by atoms with E-state index in [0.29, 0.717) is 11.1 Å². The van der Waals surface area contributed by atoms with Crippen LogP contribution in [0.5, 0.6) is 0 Å². The molecule has 2 aliphatic heterocycles. The van der Waals surface area contributed by atoms with E-state index in [0.717, 1.165) is 23.6 Å². The van der Waals surface area contributed by atoms with Crippen LogP contribution in [0.4, 0.5) is 5.69 Å². The highest BCUT2D eigenvalue weighted by atomic mass is 16.2. The number of carbonyl (C=O) groups is 2. The van der Waals surface area contributed by atoms with Crippen LogP contribution in [-0.4, -0.2) is 36.9 Å². The first-order chi connectivity index (χ1) is 13.5. The summed E-state index contributed by atoms with van der Waals surface area (Å²) in [6.07, 6.45) is 3.57. The van der Waals surface area contributed by atoms with Gasteiger partial charge in [0.1, 0.15) is 0 Å². The fraction of sp³-hybridized carbons (Fsp3) is 0.391. The zero-order valence-electron chi connectivity index (χ0n) is 16.5. The van der Waals surface area contributed by atoms with Crippen LogP contribution in [0.2, 0.25) is 0 Å². The van der Waals surface area contributed by atoms with Crippen molar-refractivity contribution in [1.29, 1.82) is 0 Å².